The predicted octanol–water partition coefficient (Wildman–Crippen LogP) is 5.09. The molecule has 25 heavy (non-hydrogen) atoms. The molecule has 3 aromatic carbocycles. The fraction of sp³-hybridized carbons (Fsp3) is 0.0500. The van der Waals surface area contributed by atoms with Crippen LogP contribution in [0.3, 0.4) is 0 Å². The van der Waals surface area contributed by atoms with Crippen molar-refractivity contribution >= 4 is 11.0 Å². The van der Waals surface area contributed by atoms with Gasteiger partial charge in [0.05, 0.1) is 11.0 Å². The largest absolute Gasteiger partial charge is 0.489 e. The van der Waals surface area contributed by atoms with Crippen molar-refractivity contribution in [2.75, 3.05) is 0 Å². The summed E-state index contributed by atoms with van der Waals surface area (Å²) in [5.41, 5.74) is 3.57. The molecule has 0 unspecified atom stereocenters. The minimum atomic E-state index is -0.666. The molecule has 0 radical (unpaired) electrons. The Morgan fingerprint density at radius 1 is 0.880 bits per heavy atom. The molecule has 0 bridgehead atoms. The molecule has 0 aliphatic rings. The van der Waals surface area contributed by atoms with E-state index in [0.29, 0.717) is 0 Å². The number of nitrogens with one attached hydrogen (secondary N) is 1. The van der Waals surface area contributed by atoms with E-state index in [-0.39, 0.29) is 12.4 Å². The van der Waals surface area contributed by atoms with Crippen molar-refractivity contribution in [1.29, 1.82) is 0 Å². The first-order valence-corrected chi connectivity index (χ1v) is 7.81. The molecule has 5 heteroatoms. The molecule has 0 aliphatic heterocycles. The lowest BCUT2D eigenvalue weighted by atomic mass is 10.1. The average Bonchev–Trinajstić information content (AvgIpc) is 3.03. The van der Waals surface area contributed by atoms with Crippen LogP contribution in [0.4, 0.5) is 8.78 Å². The van der Waals surface area contributed by atoms with Crippen LogP contribution in [0.25, 0.3) is 22.4 Å². The molecule has 0 spiro atoms. The van der Waals surface area contributed by atoms with Gasteiger partial charge in [0.15, 0.2) is 0 Å². The molecule has 0 saturated carbocycles. The normalized spacial score (nSPS) is 11.0. The van der Waals surface area contributed by atoms with Crippen molar-refractivity contribution in [3.05, 3.63) is 83.9 Å². The maximum atomic E-state index is 13.3. The summed E-state index contributed by atoms with van der Waals surface area (Å²) in [5.74, 6) is -0.455. The van der Waals surface area contributed by atoms with Crippen LogP contribution in [0.1, 0.15) is 5.56 Å². The van der Waals surface area contributed by atoms with Crippen LogP contribution in [-0.4, -0.2) is 9.97 Å². The smallest absolute Gasteiger partial charge is 0.138 e. The third-order valence-electron chi connectivity index (χ3n) is 3.89. The quantitative estimate of drug-likeness (QED) is 0.564. The first-order valence-electron chi connectivity index (χ1n) is 7.81. The first-order chi connectivity index (χ1) is 12.2. The molecule has 0 atom stereocenters. The standard InChI is InChI=1S/C20H14F2N2O/c21-14-9-15(22)11-16(10-14)25-12-13-5-1-2-6-17(13)20-23-18-7-3-4-8-19(18)24-20/h1-11H,12H2,(H,23,24). The topological polar surface area (TPSA) is 37.9 Å². The molecule has 124 valence electrons. The average molecular weight is 336 g/mol. The van der Waals surface area contributed by atoms with E-state index >= 15 is 0 Å². The number of nitrogens with zero attached hydrogens (tertiary/aromatic N) is 1. The van der Waals surface area contributed by atoms with Crippen LogP contribution in [0.15, 0.2) is 66.7 Å². The van der Waals surface area contributed by atoms with E-state index in [4.69, 9.17) is 4.74 Å². The molecule has 0 saturated heterocycles. The molecule has 3 nitrogen and oxygen atoms in total. The maximum absolute atomic E-state index is 13.3. The second-order valence-corrected chi connectivity index (χ2v) is 5.65. The highest BCUT2D eigenvalue weighted by molar-refractivity contribution is 5.79. The number of fused-ring (bicyclic) bond motifs is 1. The van der Waals surface area contributed by atoms with Gasteiger partial charge in [-0.2, -0.15) is 0 Å². The lowest BCUT2D eigenvalue weighted by Crippen LogP contribution is -1.99. The molecule has 1 heterocycles. The number of para-hydroxylation sites is 2. The van der Waals surface area contributed by atoms with Gasteiger partial charge in [-0.05, 0) is 12.1 Å². The zero-order valence-electron chi connectivity index (χ0n) is 13.2. The molecular weight excluding hydrogens is 322 g/mol. The Hall–Kier alpha value is -3.21. The van der Waals surface area contributed by atoms with Crippen molar-refractivity contribution in [1.82, 2.24) is 9.97 Å². The van der Waals surface area contributed by atoms with Crippen LogP contribution in [0.5, 0.6) is 5.75 Å². The van der Waals surface area contributed by atoms with E-state index in [0.717, 1.165) is 46.2 Å². The summed E-state index contributed by atoms with van der Waals surface area (Å²) in [4.78, 5) is 7.88. The van der Waals surface area contributed by atoms with Gasteiger partial charge in [0.1, 0.15) is 29.8 Å². The fourth-order valence-electron chi connectivity index (χ4n) is 2.73. The summed E-state index contributed by atoms with van der Waals surface area (Å²) < 4.78 is 32.1. The molecule has 1 aromatic heterocycles. The number of aromatic nitrogens is 2. The van der Waals surface area contributed by atoms with Gasteiger partial charge in [-0.3, -0.25) is 0 Å². The lowest BCUT2D eigenvalue weighted by molar-refractivity contribution is 0.303. The second kappa shape index (κ2) is 6.36. The van der Waals surface area contributed by atoms with Crippen LogP contribution in [0.2, 0.25) is 0 Å². The van der Waals surface area contributed by atoms with Crippen molar-refractivity contribution in [2.45, 2.75) is 6.61 Å². The molecule has 1 N–H and O–H groups in total. The number of hydrogen-bond acceptors (Lipinski definition) is 2. The van der Waals surface area contributed by atoms with Crippen LogP contribution < -0.4 is 4.74 Å². The van der Waals surface area contributed by atoms with Crippen LogP contribution >= 0.6 is 0 Å². The maximum Gasteiger partial charge on any atom is 0.138 e. The Labute approximate surface area is 142 Å². The van der Waals surface area contributed by atoms with Gasteiger partial charge >= 0.3 is 0 Å². The molecule has 0 amide bonds. The Morgan fingerprint density at radius 2 is 1.60 bits per heavy atom. The minimum Gasteiger partial charge on any atom is -0.489 e. The minimum absolute atomic E-state index is 0.150. The zero-order chi connectivity index (χ0) is 17.2. The predicted molar refractivity (Wildman–Crippen MR) is 92.2 cm³/mol. The Balaban J connectivity index is 1.64. The summed E-state index contributed by atoms with van der Waals surface area (Å²) >= 11 is 0. The van der Waals surface area contributed by atoms with Gasteiger partial charge in [-0.25, -0.2) is 13.8 Å². The first kappa shape index (κ1) is 15.3. The van der Waals surface area contributed by atoms with Gasteiger partial charge in [0.2, 0.25) is 0 Å². The van der Waals surface area contributed by atoms with Gasteiger partial charge in [-0.15, -0.1) is 0 Å². The van der Waals surface area contributed by atoms with E-state index in [2.05, 4.69) is 9.97 Å². The number of imidazole rings is 1. The van der Waals surface area contributed by atoms with Crippen molar-refractivity contribution in [3.63, 3.8) is 0 Å². The molecule has 0 aliphatic carbocycles. The number of H-pyrrole nitrogens is 1. The summed E-state index contributed by atoms with van der Waals surface area (Å²) in [6, 6.07) is 18.5. The Kier molecular flexibility index (Phi) is 3.90. The number of hydrogen-bond donors (Lipinski definition) is 1. The lowest BCUT2D eigenvalue weighted by Gasteiger charge is -2.10. The van der Waals surface area contributed by atoms with Gasteiger partial charge < -0.3 is 9.72 Å². The van der Waals surface area contributed by atoms with Gasteiger partial charge in [-0.1, -0.05) is 36.4 Å². The third-order valence-corrected chi connectivity index (χ3v) is 3.89. The van der Waals surface area contributed by atoms with Crippen molar-refractivity contribution in [2.24, 2.45) is 0 Å². The number of halogens is 2. The Bertz CT molecular complexity index is 989. The number of benzene rings is 3. The third kappa shape index (κ3) is 3.21. The van der Waals surface area contributed by atoms with Crippen LogP contribution in [-0.2, 0) is 6.61 Å². The molecule has 0 fully saturated rings. The monoisotopic (exact) mass is 336 g/mol. The highest BCUT2D eigenvalue weighted by Crippen LogP contribution is 2.25. The fourth-order valence-corrected chi connectivity index (χ4v) is 2.73. The highest BCUT2D eigenvalue weighted by Gasteiger charge is 2.10. The molecular formula is C20H14F2N2O. The summed E-state index contributed by atoms with van der Waals surface area (Å²) in [7, 11) is 0. The summed E-state index contributed by atoms with van der Waals surface area (Å²) in [5, 5.41) is 0. The zero-order valence-corrected chi connectivity index (χ0v) is 13.2. The van der Waals surface area contributed by atoms with Crippen molar-refractivity contribution in [3.8, 4) is 17.1 Å². The summed E-state index contributed by atoms with van der Waals surface area (Å²) in [6.07, 6.45) is 0. The van der Waals surface area contributed by atoms with E-state index < -0.39 is 11.6 Å². The van der Waals surface area contributed by atoms with Gasteiger partial charge in [0, 0.05) is 29.3 Å². The second-order valence-electron chi connectivity index (χ2n) is 5.65. The van der Waals surface area contributed by atoms with E-state index in [1.807, 2.05) is 48.5 Å². The van der Waals surface area contributed by atoms with E-state index in [1.165, 1.54) is 0 Å². The van der Waals surface area contributed by atoms with E-state index in [1.54, 1.807) is 0 Å². The Morgan fingerprint density at radius 3 is 2.40 bits per heavy atom. The SMILES string of the molecule is Fc1cc(F)cc(OCc2ccccc2-c2nc3ccccc3[nH]2)c1. The highest BCUT2D eigenvalue weighted by atomic mass is 19.1. The molecule has 4 aromatic rings. The number of aromatic amines is 1. The number of ether oxygens (including phenoxy) is 1. The van der Waals surface area contributed by atoms with Crippen molar-refractivity contribution < 1.29 is 13.5 Å². The number of rotatable bonds is 4. The summed E-state index contributed by atoms with van der Waals surface area (Å²) in [6.45, 7) is 0.177. The van der Waals surface area contributed by atoms with Crippen LogP contribution in [0, 0.1) is 11.6 Å². The van der Waals surface area contributed by atoms with Gasteiger partial charge in [0.25, 0.3) is 0 Å². The molecule has 4 rings (SSSR count). The van der Waals surface area contributed by atoms with E-state index in [9.17, 15) is 8.78 Å².